The van der Waals surface area contributed by atoms with Gasteiger partial charge < -0.3 is 10.6 Å². The van der Waals surface area contributed by atoms with Gasteiger partial charge in [0.25, 0.3) is 0 Å². The zero-order chi connectivity index (χ0) is 27.8. The Morgan fingerprint density at radius 1 is 0.973 bits per heavy atom. The highest BCUT2D eigenvalue weighted by molar-refractivity contribution is 5.74. The molecule has 0 fully saturated rings. The Morgan fingerprint density at radius 2 is 1.62 bits per heavy atom. The Balaban J connectivity index is 0.000000281. The number of nitrogens with one attached hydrogen (secondary N) is 2. The molecule has 0 aliphatic heterocycles. The molecule has 1 heterocycles. The van der Waals surface area contributed by atoms with Crippen LogP contribution < -0.4 is 10.6 Å². The van der Waals surface area contributed by atoms with Crippen molar-refractivity contribution in [3.05, 3.63) is 113 Å². The zero-order valence-corrected chi connectivity index (χ0v) is 23.8. The van der Waals surface area contributed by atoms with E-state index in [-0.39, 0.29) is 0 Å². The van der Waals surface area contributed by atoms with Gasteiger partial charge in [0.15, 0.2) is 6.29 Å². The number of hydrogen-bond acceptors (Lipinski definition) is 4. The molecule has 0 saturated carbocycles. The Bertz CT molecular complexity index is 1110. The first-order chi connectivity index (χ1) is 17.6. The number of anilines is 1. The number of carbonyl (C=O) groups is 1. The van der Waals surface area contributed by atoms with Gasteiger partial charge in [-0.1, -0.05) is 87.9 Å². The highest BCUT2D eigenvalue weighted by atomic mass is 16.1. The van der Waals surface area contributed by atoms with Gasteiger partial charge in [-0.2, -0.15) is 0 Å². The molecule has 0 radical (unpaired) electrons. The molecule has 0 spiro atoms. The number of nitrogens with zero attached hydrogens (tertiary/aromatic N) is 1. The fraction of sp³-hybridized carbons (Fsp3) is 0.333. The lowest BCUT2D eigenvalue weighted by Crippen LogP contribution is -2.08. The molecule has 3 rings (SSSR count). The van der Waals surface area contributed by atoms with Crippen molar-refractivity contribution >= 4 is 17.8 Å². The number of rotatable bonds is 9. The molecular formula is C33H45N3O. The average molecular weight is 500 g/mol. The van der Waals surface area contributed by atoms with Crippen molar-refractivity contribution in [2.24, 2.45) is 5.92 Å². The van der Waals surface area contributed by atoms with Gasteiger partial charge in [-0.25, -0.2) is 4.98 Å². The standard InChI is InChI=1S/C13H17N.C13H20.C7H8N2O/c1-9(2)14-12(5)13-8-6-7-10(3)11(13)4;1-4-12(5-2)10-13-8-6-11(3)7-9-13;1-8-7-3-2-6(5-10)4-9-7/h6-8,14H,1,5H2,2-4H3;6-9,12H,4-5,10H2,1-3H3;2-5H,1H3,(H,8,9). The molecule has 0 bridgehead atoms. The number of allylic oxidation sites excluding steroid dienone is 1. The molecule has 2 N–H and O–H groups in total. The minimum Gasteiger partial charge on any atom is -0.373 e. The van der Waals surface area contributed by atoms with Gasteiger partial charge in [0.05, 0.1) is 0 Å². The second-order valence-electron chi connectivity index (χ2n) is 9.35. The Hall–Kier alpha value is -3.66. The maximum Gasteiger partial charge on any atom is 0.151 e. The van der Waals surface area contributed by atoms with Crippen molar-refractivity contribution in [1.29, 1.82) is 0 Å². The molecule has 198 valence electrons. The SMILES string of the molecule is C=C(C)NC(=C)c1cccc(C)c1C.CCC(CC)Cc1ccc(C)cc1.CNc1ccc(C=O)cn1. The van der Waals surface area contributed by atoms with Gasteiger partial charge in [-0.05, 0) is 68.9 Å². The first-order valence-electron chi connectivity index (χ1n) is 13.0. The normalized spacial score (nSPS) is 9.84. The van der Waals surface area contributed by atoms with Crippen LogP contribution in [0.3, 0.4) is 0 Å². The molecule has 0 saturated heterocycles. The van der Waals surface area contributed by atoms with E-state index in [4.69, 9.17) is 0 Å². The Morgan fingerprint density at radius 3 is 2.11 bits per heavy atom. The third-order valence-electron chi connectivity index (χ3n) is 6.27. The molecule has 0 aliphatic rings. The van der Waals surface area contributed by atoms with Crippen LogP contribution in [0.2, 0.25) is 0 Å². The van der Waals surface area contributed by atoms with Crippen molar-refractivity contribution in [3.8, 4) is 0 Å². The molecule has 0 unspecified atom stereocenters. The molecule has 0 atom stereocenters. The summed E-state index contributed by atoms with van der Waals surface area (Å²) in [6, 6.07) is 18.6. The van der Waals surface area contributed by atoms with E-state index in [2.05, 4.69) is 99.8 Å². The summed E-state index contributed by atoms with van der Waals surface area (Å²) < 4.78 is 0. The molecule has 4 heteroatoms. The van der Waals surface area contributed by atoms with E-state index in [1.54, 1.807) is 19.2 Å². The van der Waals surface area contributed by atoms with E-state index in [1.165, 1.54) is 47.7 Å². The van der Waals surface area contributed by atoms with Gasteiger partial charge in [-0.15, -0.1) is 0 Å². The first kappa shape index (κ1) is 31.4. The van der Waals surface area contributed by atoms with Crippen molar-refractivity contribution in [2.75, 3.05) is 12.4 Å². The Labute approximate surface area is 224 Å². The molecule has 4 nitrogen and oxygen atoms in total. The molecule has 1 aromatic heterocycles. The molecule has 0 amide bonds. The van der Waals surface area contributed by atoms with E-state index in [9.17, 15) is 4.79 Å². The van der Waals surface area contributed by atoms with Crippen LogP contribution in [0.5, 0.6) is 0 Å². The summed E-state index contributed by atoms with van der Waals surface area (Å²) in [5.41, 5.74) is 8.98. The average Bonchev–Trinajstić information content (AvgIpc) is 2.90. The summed E-state index contributed by atoms with van der Waals surface area (Å²) >= 11 is 0. The molecular weight excluding hydrogens is 454 g/mol. The second kappa shape index (κ2) is 16.9. The summed E-state index contributed by atoms with van der Waals surface area (Å²) in [6.45, 7) is 20.6. The molecule has 3 aromatic rings. The van der Waals surface area contributed by atoms with Gasteiger partial charge >= 0.3 is 0 Å². The Kier molecular flexibility index (Phi) is 14.3. The van der Waals surface area contributed by atoms with Crippen molar-refractivity contribution < 1.29 is 4.79 Å². The maximum atomic E-state index is 10.1. The monoisotopic (exact) mass is 499 g/mol. The smallest absolute Gasteiger partial charge is 0.151 e. The number of aldehydes is 1. The summed E-state index contributed by atoms with van der Waals surface area (Å²) in [5, 5.41) is 5.99. The maximum absolute atomic E-state index is 10.1. The van der Waals surface area contributed by atoms with Crippen molar-refractivity contribution in [2.45, 2.75) is 60.8 Å². The largest absolute Gasteiger partial charge is 0.373 e. The van der Waals surface area contributed by atoms with Crippen LogP contribution in [0.25, 0.3) is 5.70 Å². The predicted octanol–water partition coefficient (Wildman–Crippen LogP) is 8.31. The summed E-state index contributed by atoms with van der Waals surface area (Å²) in [4.78, 5) is 14.1. The van der Waals surface area contributed by atoms with Crippen molar-refractivity contribution in [1.82, 2.24) is 10.3 Å². The number of aromatic nitrogens is 1. The second-order valence-corrected chi connectivity index (χ2v) is 9.35. The highest BCUT2D eigenvalue weighted by Crippen LogP contribution is 2.19. The van der Waals surface area contributed by atoms with Gasteiger partial charge in [0.2, 0.25) is 0 Å². The van der Waals surface area contributed by atoms with Gasteiger partial charge in [0, 0.05) is 35.8 Å². The third kappa shape index (κ3) is 11.7. The minimum atomic E-state index is 0.596. The van der Waals surface area contributed by atoms with E-state index < -0.39 is 0 Å². The fourth-order valence-electron chi connectivity index (χ4n) is 3.66. The third-order valence-corrected chi connectivity index (χ3v) is 6.27. The van der Waals surface area contributed by atoms with Crippen molar-refractivity contribution in [3.63, 3.8) is 0 Å². The quantitative estimate of drug-likeness (QED) is 0.291. The van der Waals surface area contributed by atoms with Crippen LogP contribution in [0.4, 0.5) is 5.82 Å². The minimum absolute atomic E-state index is 0.596. The van der Waals surface area contributed by atoms with Crippen LogP contribution >= 0.6 is 0 Å². The van der Waals surface area contributed by atoms with Crippen LogP contribution in [0.15, 0.2) is 79.6 Å². The number of carbonyl (C=O) groups excluding carboxylic acids is 1. The molecule has 0 aliphatic carbocycles. The number of aryl methyl sites for hydroxylation is 2. The van der Waals surface area contributed by atoms with Crippen LogP contribution in [-0.2, 0) is 6.42 Å². The lowest BCUT2D eigenvalue weighted by molar-refractivity contribution is 0.112. The first-order valence-corrected chi connectivity index (χ1v) is 13.0. The summed E-state index contributed by atoms with van der Waals surface area (Å²) in [7, 11) is 1.78. The van der Waals surface area contributed by atoms with E-state index in [1.807, 2.05) is 13.0 Å². The van der Waals surface area contributed by atoms with Gasteiger partial charge in [-0.3, -0.25) is 4.79 Å². The highest BCUT2D eigenvalue weighted by Gasteiger charge is 2.04. The number of benzene rings is 2. The molecule has 37 heavy (non-hydrogen) atoms. The number of hydrogen-bond donors (Lipinski definition) is 2. The fourth-order valence-corrected chi connectivity index (χ4v) is 3.66. The lowest BCUT2D eigenvalue weighted by atomic mass is 9.94. The van der Waals surface area contributed by atoms with Crippen LogP contribution in [0.1, 0.15) is 71.8 Å². The van der Waals surface area contributed by atoms with E-state index >= 15 is 0 Å². The van der Waals surface area contributed by atoms with Crippen LogP contribution in [0, 0.1) is 26.7 Å². The van der Waals surface area contributed by atoms with Crippen LogP contribution in [-0.4, -0.2) is 18.3 Å². The van der Waals surface area contributed by atoms with E-state index in [0.29, 0.717) is 5.56 Å². The lowest BCUT2D eigenvalue weighted by Gasteiger charge is -2.13. The summed E-state index contributed by atoms with van der Waals surface area (Å²) in [6.07, 6.45) is 6.13. The number of pyridine rings is 1. The topological polar surface area (TPSA) is 54.0 Å². The molecule has 2 aromatic carbocycles. The van der Waals surface area contributed by atoms with E-state index in [0.717, 1.165) is 35.0 Å². The van der Waals surface area contributed by atoms with Gasteiger partial charge in [0.1, 0.15) is 5.82 Å². The predicted molar refractivity (Wildman–Crippen MR) is 161 cm³/mol. The summed E-state index contributed by atoms with van der Waals surface area (Å²) in [5.74, 6) is 1.63. The zero-order valence-electron chi connectivity index (χ0n) is 23.8.